The van der Waals surface area contributed by atoms with Crippen LogP contribution in [0.5, 0.6) is 17.2 Å². The number of aryl methyl sites for hydroxylation is 1. The van der Waals surface area contributed by atoms with Crippen LogP contribution in [0, 0.1) is 18.3 Å². The Morgan fingerprint density at radius 2 is 1.27 bits per heavy atom. The summed E-state index contributed by atoms with van der Waals surface area (Å²) in [5, 5.41) is 2.01. The van der Waals surface area contributed by atoms with Crippen molar-refractivity contribution < 1.29 is 54.2 Å². The minimum Gasteiger partial charge on any atom is -0.493 e. The van der Waals surface area contributed by atoms with Crippen LogP contribution in [0.25, 0.3) is 0 Å². The van der Waals surface area contributed by atoms with E-state index in [9.17, 15) is 35.8 Å². The molecule has 0 aliphatic carbocycles. The van der Waals surface area contributed by atoms with E-state index in [1.54, 1.807) is 40.1 Å². The van der Waals surface area contributed by atoms with Gasteiger partial charge in [0.1, 0.15) is 24.2 Å². The molecular formula is C54H59N3O12S2. The summed E-state index contributed by atoms with van der Waals surface area (Å²) in [5.74, 6) is -0.904. The monoisotopic (exact) mass is 1010 g/mol. The fraction of sp³-hybridized carbons (Fsp3) is 0.389. The summed E-state index contributed by atoms with van der Waals surface area (Å²) in [4.78, 5) is 45.3. The lowest BCUT2D eigenvalue weighted by atomic mass is 9.90. The highest BCUT2D eigenvalue weighted by atomic mass is 32.2. The van der Waals surface area contributed by atoms with Gasteiger partial charge in [-0.25, -0.2) is 0 Å². The average molecular weight is 1010 g/mol. The zero-order valence-corrected chi connectivity index (χ0v) is 42.3. The molecule has 0 fully saturated rings. The van der Waals surface area contributed by atoms with Crippen molar-refractivity contribution in [1.82, 2.24) is 0 Å². The summed E-state index contributed by atoms with van der Waals surface area (Å²) in [6, 6.07) is 26.0. The highest BCUT2D eigenvalue weighted by molar-refractivity contribution is 7.87. The lowest BCUT2D eigenvalue weighted by Crippen LogP contribution is -2.47. The second kappa shape index (κ2) is 19.4. The first kappa shape index (κ1) is 49.7. The molecule has 4 atom stereocenters. The van der Waals surface area contributed by atoms with Gasteiger partial charge in [0.25, 0.3) is 32.1 Å². The standard InChI is InChI=1S/C54H59N3O12S2/c1-32-18-41-38(27-50(71(64,65)67-6)46-24-36-13-8-10-15-44(36)57(46)52(41)59)25-47(32)68-29-33-19-34(21-40(20-33)55-51(58)16-11-17-54(2,3)4)30-69-49-26-37-22-39(31-70(61,62)63)45-23-35-12-7-9-14-43(35)56(45)53(60)42(37)28-48(49)66-5/h7-10,12-15,18-21,25-26,28,39,45-46,50H,11,16-17,22-24,27,29-31H2,1-6H3,(H,55,58)(H,61,62,63)/t39?,45-,46-,50?/m0/s1. The zero-order valence-electron chi connectivity index (χ0n) is 40.7. The van der Waals surface area contributed by atoms with Gasteiger partial charge >= 0.3 is 0 Å². The second-order valence-electron chi connectivity index (χ2n) is 20.3. The predicted octanol–water partition coefficient (Wildman–Crippen LogP) is 8.42. The van der Waals surface area contributed by atoms with Gasteiger partial charge in [-0.3, -0.25) is 23.1 Å². The summed E-state index contributed by atoms with van der Waals surface area (Å²) in [5.41, 5.74) is 7.54. The van der Waals surface area contributed by atoms with Crippen molar-refractivity contribution in [1.29, 1.82) is 0 Å². The molecule has 0 saturated carbocycles. The quantitative estimate of drug-likeness (QED) is 0.0752. The van der Waals surface area contributed by atoms with Crippen LogP contribution in [0.15, 0.2) is 91.0 Å². The third-order valence-corrected chi connectivity index (χ3v) is 16.6. The number of ether oxygens (including phenoxy) is 3. The van der Waals surface area contributed by atoms with Gasteiger partial charge in [0.15, 0.2) is 11.5 Å². The van der Waals surface area contributed by atoms with Crippen molar-refractivity contribution in [3.05, 3.63) is 141 Å². The van der Waals surface area contributed by atoms with Crippen LogP contribution in [0.2, 0.25) is 0 Å². The van der Waals surface area contributed by atoms with Crippen molar-refractivity contribution >= 4 is 55.0 Å². The number of fused-ring (bicyclic) bond motifs is 8. The molecule has 0 radical (unpaired) electrons. The van der Waals surface area contributed by atoms with Crippen LogP contribution in [-0.4, -0.2) is 76.4 Å². The van der Waals surface area contributed by atoms with E-state index < -0.39 is 49.2 Å². The number of carbonyl (C=O) groups is 3. The maximum atomic E-state index is 14.4. The van der Waals surface area contributed by atoms with E-state index in [-0.39, 0.29) is 54.9 Å². The first-order valence-corrected chi connectivity index (χ1v) is 26.9. The Kier molecular flexibility index (Phi) is 13.6. The van der Waals surface area contributed by atoms with Gasteiger partial charge in [-0.05, 0) is 144 Å². The van der Waals surface area contributed by atoms with Crippen LogP contribution >= 0.6 is 0 Å². The largest absolute Gasteiger partial charge is 0.493 e. The van der Waals surface area contributed by atoms with Gasteiger partial charge < -0.3 is 29.3 Å². The van der Waals surface area contributed by atoms with E-state index >= 15 is 0 Å². The van der Waals surface area contributed by atoms with E-state index in [4.69, 9.17) is 18.4 Å². The van der Waals surface area contributed by atoms with Gasteiger partial charge in [-0.15, -0.1) is 0 Å². The van der Waals surface area contributed by atoms with Crippen molar-refractivity contribution in [3.63, 3.8) is 0 Å². The third-order valence-electron chi connectivity index (χ3n) is 14.1. The van der Waals surface area contributed by atoms with Crippen LogP contribution in [0.4, 0.5) is 17.1 Å². The molecule has 2 N–H and O–H groups in total. The summed E-state index contributed by atoms with van der Waals surface area (Å²) in [6.45, 7) is 8.22. The molecule has 4 aliphatic heterocycles. The molecule has 0 saturated heterocycles. The predicted molar refractivity (Wildman–Crippen MR) is 270 cm³/mol. The highest BCUT2D eigenvalue weighted by Crippen LogP contribution is 2.44. The fourth-order valence-electron chi connectivity index (χ4n) is 10.7. The number of methoxy groups -OCH3 is 1. The number of benzene rings is 5. The molecule has 9 rings (SSSR count). The van der Waals surface area contributed by atoms with Crippen molar-refractivity contribution in [2.75, 3.05) is 35.1 Å². The topological polar surface area (TPSA) is 195 Å². The molecule has 0 aromatic heterocycles. The Morgan fingerprint density at radius 3 is 1.87 bits per heavy atom. The van der Waals surface area contributed by atoms with Gasteiger partial charge in [-0.2, -0.15) is 16.8 Å². The van der Waals surface area contributed by atoms with Crippen LogP contribution < -0.4 is 29.3 Å². The molecule has 15 nitrogen and oxygen atoms in total. The molecular weight excluding hydrogens is 947 g/mol. The third kappa shape index (κ3) is 10.4. The van der Waals surface area contributed by atoms with Gasteiger partial charge in [0.2, 0.25) is 5.91 Å². The first-order chi connectivity index (χ1) is 33.7. The summed E-state index contributed by atoms with van der Waals surface area (Å²) >= 11 is 0. The number of anilines is 3. The Balaban J connectivity index is 1.01. The minimum atomic E-state index is -4.41. The lowest BCUT2D eigenvalue weighted by molar-refractivity contribution is -0.116. The molecule has 3 amide bonds. The number of nitrogens with one attached hydrogen (secondary N) is 1. The molecule has 0 bridgehead atoms. The fourth-order valence-corrected chi connectivity index (χ4v) is 12.8. The Hall–Kier alpha value is -6.27. The molecule has 2 unspecified atom stereocenters. The van der Waals surface area contributed by atoms with Gasteiger partial charge in [0, 0.05) is 46.6 Å². The van der Waals surface area contributed by atoms with Gasteiger partial charge in [-0.1, -0.05) is 57.2 Å². The Bertz CT molecular complexity index is 3170. The van der Waals surface area contributed by atoms with Crippen molar-refractivity contribution in [3.8, 4) is 17.2 Å². The number of nitrogens with zero attached hydrogens (tertiary/aromatic N) is 2. The molecule has 4 aliphatic rings. The SMILES string of the molecule is COc1cc2c(cc1OCc1cc(COc3cc4c(cc3C)C(=O)N3c5ccccc5C[C@H]3C(S(=O)(=O)OC)C4)cc(NC(=O)CCCC(C)(C)C)c1)CC(CS(=O)(=O)O)[C@@H]1Cc3ccccc3N1C2=O. The number of amides is 3. The minimum absolute atomic E-state index is 0.0173. The second-order valence-corrected chi connectivity index (χ2v) is 23.7. The lowest BCUT2D eigenvalue weighted by Gasteiger charge is -2.28. The first-order valence-electron chi connectivity index (χ1n) is 23.8. The van der Waals surface area contributed by atoms with E-state index in [0.29, 0.717) is 93.2 Å². The molecule has 17 heteroatoms. The summed E-state index contributed by atoms with van der Waals surface area (Å²) < 4.78 is 85.8. The maximum Gasteiger partial charge on any atom is 0.272 e. The Morgan fingerprint density at radius 1 is 0.704 bits per heavy atom. The summed E-state index contributed by atoms with van der Waals surface area (Å²) in [6.07, 6.45) is 2.87. The summed E-state index contributed by atoms with van der Waals surface area (Å²) in [7, 11) is -5.90. The van der Waals surface area contributed by atoms with Crippen molar-refractivity contribution in [2.45, 2.75) is 103 Å². The molecule has 0 spiro atoms. The van der Waals surface area contributed by atoms with Crippen LogP contribution in [0.3, 0.4) is 0 Å². The van der Waals surface area contributed by atoms with E-state index in [2.05, 4.69) is 26.1 Å². The zero-order chi connectivity index (χ0) is 50.6. The Labute approximate surface area is 415 Å². The smallest absolute Gasteiger partial charge is 0.272 e. The van der Waals surface area contributed by atoms with Gasteiger partial charge in [0.05, 0.1) is 26.0 Å². The molecule has 4 heterocycles. The van der Waals surface area contributed by atoms with E-state index in [1.807, 2.05) is 67.6 Å². The number of rotatable bonds is 15. The van der Waals surface area contributed by atoms with E-state index in [1.165, 1.54) is 7.11 Å². The normalized spacial score (nSPS) is 19.4. The number of para-hydroxylation sites is 2. The molecule has 71 heavy (non-hydrogen) atoms. The molecule has 5 aromatic carbocycles. The molecule has 5 aromatic rings. The van der Waals surface area contributed by atoms with Crippen molar-refractivity contribution in [2.24, 2.45) is 11.3 Å². The van der Waals surface area contributed by atoms with Crippen LogP contribution in [0.1, 0.15) is 99.7 Å². The maximum absolute atomic E-state index is 14.4. The number of carbonyl (C=O) groups excluding carboxylic acids is 3. The number of hydrogen-bond acceptors (Lipinski definition) is 11. The van der Waals surface area contributed by atoms with Crippen LogP contribution in [-0.2, 0) is 68.1 Å². The highest BCUT2D eigenvalue weighted by Gasteiger charge is 2.48. The molecule has 374 valence electrons. The number of hydrogen-bond donors (Lipinski definition) is 2. The average Bonchev–Trinajstić information content (AvgIpc) is 3.84. The van der Waals surface area contributed by atoms with E-state index in [0.717, 1.165) is 24.7 Å².